The molecule has 4 aromatic rings. The van der Waals surface area contributed by atoms with Crippen molar-refractivity contribution >= 4 is 17.2 Å². The van der Waals surface area contributed by atoms with Crippen LogP contribution in [-0.4, -0.2) is 29.5 Å². The molecule has 6 heteroatoms. The zero-order valence-corrected chi connectivity index (χ0v) is 15.5. The first kappa shape index (κ1) is 17.6. The van der Waals surface area contributed by atoms with E-state index in [0.717, 1.165) is 16.9 Å². The summed E-state index contributed by atoms with van der Waals surface area (Å²) in [5.74, 6) is 0.802. The second kappa shape index (κ2) is 7.44. The van der Waals surface area contributed by atoms with Crippen molar-refractivity contribution in [3.63, 3.8) is 0 Å². The second-order valence-corrected chi connectivity index (χ2v) is 6.16. The third-order valence-electron chi connectivity index (χ3n) is 4.47. The normalized spacial score (nSPS) is 10.6. The number of methoxy groups -OCH3 is 2. The van der Waals surface area contributed by atoms with E-state index in [-0.39, 0.29) is 5.91 Å². The van der Waals surface area contributed by atoms with Gasteiger partial charge >= 0.3 is 0 Å². The maximum Gasteiger partial charge on any atom is 0.259 e. The monoisotopic (exact) mass is 373 g/mol. The number of benzene rings is 2. The quantitative estimate of drug-likeness (QED) is 0.567. The zero-order valence-electron chi connectivity index (χ0n) is 15.5. The molecular formula is C22H19N3O3. The van der Waals surface area contributed by atoms with E-state index in [1.54, 1.807) is 25.3 Å². The SMILES string of the molecule is COc1ccc(C(=O)Nc2ccccc2-c2cn3ccccc3n2)c(OC)c1. The molecular weight excluding hydrogens is 354 g/mol. The topological polar surface area (TPSA) is 64.9 Å². The van der Waals surface area contributed by atoms with Crippen molar-refractivity contribution < 1.29 is 14.3 Å². The molecule has 0 saturated carbocycles. The van der Waals surface area contributed by atoms with Crippen molar-refractivity contribution in [1.82, 2.24) is 9.38 Å². The van der Waals surface area contributed by atoms with Crippen LogP contribution in [0.25, 0.3) is 16.9 Å². The number of imidazole rings is 1. The first-order valence-corrected chi connectivity index (χ1v) is 8.76. The summed E-state index contributed by atoms with van der Waals surface area (Å²) >= 11 is 0. The number of amides is 1. The van der Waals surface area contributed by atoms with Crippen LogP contribution in [0.2, 0.25) is 0 Å². The molecule has 0 bridgehead atoms. The molecule has 0 spiro atoms. The van der Waals surface area contributed by atoms with Crippen molar-refractivity contribution in [3.05, 3.63) is 78.6 Å². The number of anilines is 1. The van der Waals surface area contributed by atoms with Gasteiger partial charge in [-0.3, -0.25) is 4.79 Å². The number of nitrogens with one attached hydrogen (secondary N) is 1. The third-order valence-corrected chi connectivity index (χ3v) is 4.47. The van der Waals surface area contributed by atoms with Crippen molar-refractivity contribution in [2.24, 2.45) is 0 Å². The summed E-state index contributed by atoms with van der Waals surface area (Å²) in [4.78, 5) is 17.5. The molecule has 0 atom stereocenters. The number of carbonyl (C=O) groups excluding carboxylic acids is 1. The number of ether oxygens (including phenoxy) is 2. The average Bonchev–Trinajstić information content (AvgIpc) is 3.17. The van der Waals surface area contributed by atoms with Gasteiger partial charge in [0.05, 0.1) is 31.2 Å². The highest BCUT2D eigenvalue weighted by Crippen LogP contribution is 2.30. The van der Waals surface area contributed by atoms with Crippen LogP contribution in [0.4, 0.5) is 5.69 Å². The summed E-state index contributed by atoms with van der Waals surface area (Å²) < 4.78 is 12.5. The van der Waals surface area contributed by atoms with Gasteiger partial charge in [-0.1, -0.05) is 24.3 Å². The molecule has 2 aromatic heterocycles. The minimum atomic E-state index is -0.268. The lowest BCUT2D eigenvalue weighted by Crippen LogP contribution is -2.14. The molecule has 0 fully saturated rings. The van der Waals surface area contributed by atoms with E-state index in [1.165, 1.54) is 7.11 Å². The molecule has 1 amide bonds. The number of para-hydroxylation sites is 1. The molecule has 2 aromatic carbocycles. The van der Waals surface area contributed by atoms with Crippen LogP contribution >= 0.6 is 0 Å². The van der Waals surface area contributed by atoms with Gasteiger partial charge in [-0.15, -0.1) is 0 Å². The lowest BCUT2D eigenvalue weighted by Gasteiger charge is -2.12. The second-order valence-electron chi connectivity index (χ2n) is 6.16. The van der Waals surface area contributed by atoms with E-state index >= 15 is 0 Å². The van der Waals surface area contributed by atoms with Crippen LogP contribution in [0.5, 0.6) is 11.5 Å². The molecule has 0 aliphatic rings. The predicted octanol–water partition coefficient (Wildman–Crippen LogP) is 4.27. The van der Waals surface area contributed by atoms with E-state index < -0.39 is 0 Å². The Kier molecular flexibility index (Phi) is 4.68. The number of nitrogens with zero attached hydrogens (tertiary/aromatic N) is 2. The summed E-state index contributed by atoms with van der Waals surface area (Å²) in [6, 6.07) is 18.5. The van der Waals surface area contributed by atoms with Gasteiger partial charge in [0.1, 0.15) is 17.1 Å². The Hall–Kier alpha value is -3.80. The zero-order chi connectivity index (χ0) is 19.5. The molecule has 0 aliphatic heterocycles. The maximum absolute atomic E-state index is 12.9. The van der Waals surface area contributed by atoms with Crippen molar-refractivity contribution in [3.8, 4) is 22.8 Å². The summed E-state index contributed by atoms with van der Waals surface area (Å²) in [6.07, 6.45) is 3.88. The highest BCUT2D eigenvalue weighted by atomic mass is 16.5. The highest BCUT2D eigenvalue weighted by molar-refractivity contribution is 6.08. The number of aromatic nitrogens is 2. The smallest absolute Gasteiger partial charge is 0.259 e. The van der Waals surface area contributed by atoms with Crippen molar-refractivity contribution in [1.29, 1.82) is 0 Å². The van der Waals surface area contributed by atoms with Crippen molar-refractivity contribution in [2.75, 3.05) is 19.5 Å². The first-order valence-electron chi connectivity index (χ1n) is 8.76. The molecule has 6 nitrogen and oxygen atoms in total. The average molecular weight is 373 g/mol. The van der Waals surface area contributed by atoms with Crippen LogP contribution in [0.15, 0.2) is 73.1 Å². The summed E-state index contributed by atoms with van der Waals surface area (Å²) in [5, 5.41) is 2.97. The fourth-order valence-electron chi connectivity index (χ4n) is 3.06. The van der Waals surface area contributed by atoms with Crippen LogP contribution < -0.4 is 14.8 Å². The minimum Gasteiger partial charge on any atom is -0.497 e. The van der Waals surface area contributed by atoms with Gasteiger partial charge in [0.15, 0.2) is 0 Å². The number of carbonyl (C=O) groups is 1. The van der Waals surface area contributed by atoms with Gasteiger partial charge < -0.3 is 19.2 Å². The predicted molar refractivity (Wildman–Crippen MR) is 108 cm³/mol. The van der Waals surface area contributed by atoms with E-state index in [1.807, 2.05) is 59.3 Å². The Balaban J connectivity index is 1.69. The molecule has 1 N–H and O–H groups in total. The number of pyridine rings is 1. The molecule has 0 unspecified atom stereocenters. The minimum absolute atomic E-state index is 0.268. The van der Waals surface area contributed by atoms with Gasteiger partial charge in [-0.2, -0.15) is 0 Å². The first-order chi connectivity index (χ1) is 13.7. The van der Waals surface area contributed by atoms with E-state index in [0.29, 0.717) is 22.7 Å². The Morgan fingerprint density at radius 2 is 1.82 bits per heavy atom. The van der Waals surface area contributed by atoms with Crippen LogP contribution in [0.3, 0.4) is 0 Å². The molecule has 0 saturated heterocycles. The van der Waals surface area contributed by atoms with Gasteiger partial charge in [0, 0.05) is 24.0 Å². The Morgan fingerprint density at radius 1 is 1.00 bits per heavy atom. The summed E-state index contributed by atoms with van der Waals surface area (Å²) in [6.45, 7) is 0. The van der Waals surface area contributed by atoms with Crippen LogP contribution in [0.1, 0.15) is 10.4 Å². The fraction of sp³-hybridized carbons (Fsp3) is 0.0909. The lowest BCUT2D eigenvalue weighted by atomic mass is 10.1. The Bertz CT molecular complexity index is 1120. The molecule has 140 valence electrons. The van der Waals surface area contributed by atoms with E-state index in [9.17, 15) is 4.79 Å². The largest absolute Gasteiger partial charge is 0.497 e. The van der Waals surface area contributed by atoms with Gasteiger partial charge in [0.25, 0.3) is 5.91 Å². The van der Waals surface area contributed by atoms with E-state index in [4.69, 9.17) is 9.47 Å². The molecule has 2 heterocycles. The van der Waals surface area contributed by atoms with Gasteiger partial charge in [-0.05, 0) is 30.3 Å². The lowest BCUT2D eigenvalue weighted by molar-refractivity contribution is 0.102. The number of fused-ring (bicyclic) bond motifs is 1. The Labute approximate surface area is 162 Å². The summed E-state index contributed by atoms with van der Waals surface area (Å²) in [7, 11) is 3.09. The van der Waals surface area contributed by atoms with Crippen molar-refractivity contribution in [2.45, 2.75) is 0 Å². The molecule has 28 heavy (non-hydrogen) atoms. The maximum atomic E-state index is 12.9. The molecule has 0 radical (unpaired) electrons. The van der Waals surface area contributed by atoms with Gasteiger partial charge in [0.2, 0.25) is 0 Å². The molecule has 4 rings (SSSR count). The Morgan fingerprint density at radius 3 is 2.61 bits per heavy atom. The fourth-order valence-corrected chi connectivity index (χ4v) is 3.06. The van der Waals surface area contributed by atoms with Crippen LogP contribution in [-0.2, 0) is 0 Å². The number of hydrogen-bond acceptors (Lipinski definition) is 4. The number of hydrogen-bond donors (Lipinski definition) is 1. The van der Waals surface area contributed by atoms with Gasteiger partial charge in [-0.25, -0.2) is 4.98 Å². The third kappa shape index (κ3) is 3.27. The summed E-state index contributed by atoms with van der Waals surface area (Å²) in [5.41, 5.74) is 3.56. The molecule has 0 aliphatic carbocycles. The van der Waals surface area contributed by atoms with E-state index in [2.05, 4.69) is 10.3 Å². The number of rotatable bonds is 5. The highest BCUT2D eigenvalue weighted by Gasteiger charge is 2.16. The van der Waals surface area contributed by atoms with Crippen LogP contribution in [0, 0.1) is 0 Å². The standard InChI is InChI=1S/C22H19N3O3/c1-27-15-10-11-17(20(13-15)28-2)22(26)24-18-8-4-3-7-16(18)19-14-25-12-6-5-9-21(25)23-19/h3-14H,1-2H3,(H,24,26).